The number of methoxy groups -OCH3 is 1. The summed E-state index contributed by atoms with van der Waals surface area (Å²) in [5.41, 5.74) is 2.00. The van der Waals surface area contributed by atoms with Gasteiger partial charge < -0.3 is 19.4 Å². The molecule has 180 valence electrons. The number of nitrogens with one attached hydrogen (secondary N) is 1. The highest BCUT2D eigenvalue weighted by atomic mass is 16.5. The topological polar surface area (TPSA) is 108 Å². The number of para-hydroxylation sites is 1. The number of nitriles is 1. The smallest absolute Gasteiger partial charge is 0.258 e. The molecule has 8 nitrogen and oxygen atoms in total. The Kier molecular flexibility index (Phi) is 7.73. The minimum absolute atomic E-state index is 0.0939. The summed E-state index contributed by atoms with van der Waals surface area (Å²) in [4.78, 5) is 34.7. The number of ether oxygens (including phenoxy) is 2. The lowest BCUT2D eigenvalue weighted by atomic mass is 10.1. The van der Waals surface area contributed by atoms with Gasteiger partial charge in [0.15, 0.2) is 18.1 Å². The van der Waals surface area contributed by atoms with E-state index in [1.54, 1.807) is 47.4 Å². The molecule has 1 heterocycles. The number of hydrogen-bond donors (Lipinski definition) is 1. The largest absolute Gasteiger partial charge is 0.493 e. The third-order valence-corrected chi connectivity index (χ3v) is 5.43. The van der Waals surface area contributed by atoms with E-state index < -0.39 is 0 Å². The van der Waals surface area contributed by atoms with Gasteiger partial charge in [-0.3, -0.25) is 9.59 Å². The first-order valence-electron chi connectivity index (χ1n) is 11.2. The van der Waals surface area contributed by atoms with E-state index in [1.165, 1.54) is 13.2 Å². The summed E-state index contributed by atoms with van der Waals surface area (Å²) < 4.78 is 10.7. The first-order valence-corrected chi connectivity index (χ1v) is 11.2. The zero-order chi connectivity index (χ0) is 25.3. The van der Waals surface area contributed by atoms with Crippen molar-refractivity contribution in [1.82, 2.24) is 14.9 Å². The van der Waals surface area contributed by atoms with Crippen molar-refractivity contribution in [3.05, 3.63) is 106 Å². The predicted octanol–water partition coefficient (Wildman–Crippen LogP) is 4.08. The van der Waals surface area contributed by atoms with Crippen molar-refractivity contribution in [2.45, 2.75) is 13.1 Å². The normalized spacial score (nSPS) is 10.8. The van der Waals surface area contributed by atoms with Crippen LogP contribution in [0.5, 0.6) is 11.5 Å². The Morgan fingerprint density at radius 1 is 1.06 bits per heavy atom. The predicted molar refractivity (Wildman–Crippen MR) is 136 cm³/mol. The fraction of sp³-hybridized carbons (Fsp3) is 0.143. The van der Waals surface area contributed by atoms with Gasteiger partial charge >= 0.3 is 0 Å². The second-order valence-electron chi connectivity index (χ2n) is 7.90. The van der Waals surface area contributed by atoms with Crippen molar-refractivity contribution in [2.75, 3.05) is 13.7 Å². The lowest BCUT2D eigenvalue weighted by molar-refractivity contribution is -0.127. The Hall–Kier alpha value is -4.90. The van der Waals surface area contributed by atoms with Crippen LogP contribution in [0.15, 0.2) is 83.7 Å². The monoisotopic (exact) mass is 480 g/mol. The molecule has 0 aliphatic heterocycles. The molecule has 0 unspecified atom stereocenters. The number of aromatic nitrogens is 2. The molecule has 3 aromatic carbocycles. The van der Waals surface area contributed by atoms with E-state index in [4.69, 9.17) is 14.7 Å². The van der Waals surface area contributed by atoms with Gasteiger partial charge in [-0.1, -0.05) is 48.5 Å². The van der Waals surface area contributed by atoms with Gasteiger partial charge in [0, 0.05) is 12.6 Å². The van der Waals surface area contributed by atoms with Gasteiger partial charge in [0.2, 0.25) is 5.91 Å². The van der Waals surface area contributed by atoms with E-state index in [2.05, 4.69) is 9.97 Å². The molecule has 0 aliphatic rings. The highest BCUT2D eigenvalue weighted by Crippen LogP contribution is 2.28. The van der Waals surface area contributed by atoms with Crippen LogP contribution >= 0.6 is 0 Å². The molecule has 4 aromatic rings. The van der Waals surface area contributed by atoms with Crippen molar-refractivity contribution >= 4 is 22.9 Å². The zero-order valence-electron chi connectivity index (χ0n) is 19.7. The number of nitrogens with zero attached hydrogens (tertiary/aromatic N) is 3. The third kappa shape index (κ3) is 5.96. The SMILES string of the molecule is COc1cc(/C=C/C(=O)N(Cc2ccccc2)Cc2nc3ccccc3c(=O)[nH]2)ccc1OCC#N. The van der Waals surface area contributed by atoms with Gasteiger partial charge in [-0.2, -0.15) is 5.26 Å². The number of fused-ring (bicyclic) bond motifs is 1. The van der Waals surface area contributed by atoms with Crippen LogP contribution in [0.4, 0.5) is 0 Å². The van der Waals surface area contributed by atoms with Crippen LogP contribution in [0, 0.1) is 11.3 Å². The van der Waals surface area contributed by atoms with E-state index in [1.807, 2.05) is 42.5 Å². The molecule has 0 saturated heterocycles. The quantitative estimate of drug-likeness (QED) is 0.362. The molecule has 8 heteroatoms. The summed E-state index contributed by atoms with van der Waals surface area (Å²) >= 11 is 0. The Morgan fingerprint density at radius 2 is 1.83 bits per heavy atom. The van der Waals surface area contributed by atoms with Gasteiger partial charge in [-0.15, -0.1) is 0 Å². The van der Waals surface area contributed by atoms with Crippen molar-refractivity contribution in [2.24, 2.45) is 0 Å². The molecule has 0 saturated carbocycles. The molecule has 4 rings (SSSR count). The average Bonchev–Trinajstić information content (AvgIpc) is 2.91. The van der Waals surface area contributed by atoms with Gasteiger partial charge in [0.05, 0.1) is 24.6 Å². The number of carbonyl (C=O) groups excluding carboxylic acids is 1. The molecule has 0 spiro atoms. The molecule has 36 heavy (non-hydrogen) atoms. The lowest BCUT2D eigenvalue weighted by Crippen LogP contribution is -2.30. The first-order chi connectivity index (χ1) is 17.6. The third-order valence-electron chi connectivity index (χ3n) is 5.43. The maximum absolute atomic E-state index is 13.3. The molecule has 0 atom stereocenters. The van der Waals surface area contributed by atoms with Crippen LogP contribution in [0.1, 0.15) is 17.0 Å². The summed E-state index contributed by atoms with van der Waals surface area (Å²) in [5.74, 6) is 1.05. The minimum atomic E-state index is -0.251. The number of benzene rings is 3. The highest BCUT2D eigenvalue weighted by Gasteiger charge is 2.15. The molecule has 1 N–H and O–H groups in total. The number of aromatic amines is 1. The minimum Gasteiger partial charge on any atom is -0.493 e. The summed E-state index contributed by atoms with van der Waals surface area (Å²) in [5, 5.41) is 9.23. The highest BCUT2D eigenvalue weighted by molar-refractivity contribution is 5.91. The van der Waals surface area contributed by atoms with Crippen LogP contribution in [0.25, 0.3) is 17.0 Å². The summed E-state index contributed by atoms with van der Waals surface area (Å²) in [7, 11) is 1.51. The number of amides is 1. The number of rotatable bonds is 9. The van der Waals surface area contributed by atoms with Crippen LogP contribution in [-0.4, -0.2) is 34.5 Å². The van der Waals surface area contributed by atoms with E-state index in [9.17, 15) is 9.59 Å². The van der Waals surface area contributed by atoms with Crippen molar-refractivity contribution < 1.29 is 14.3 Å². The second-order valence-corrected chi connectivity index (χ2v) is 7.90. The Labute approximate surface area is 208 Å². The van der Waals surface area contributed by atoms with Gasteiger partial charge in [0.25, 0.3) is 5.56 Å². The summed E-state index contributed by atoms with van der Waals surface area (Å²) in [6.45, 7) is 0.372. The fourth-order valence-electron chi connectivity index (χ4n) is 3.70. The molecular weight excluding hydrogens is 456 g/mol. The molecule has 0 fully saturated rings. The molecule has 1 aromatic heterocycles. The second kappa shape index (κ2) is 11.5. The average molecular weight is 481 g/mol. The number of H-pyrrole nitrogens is 1. The van der Waals surface area contributed by atoms with E-state index in [0.717, 1.165) is 11.1 Å². The summed E-state index contributed by atoms with van der Waals surface area (Å²) in [6, 6.07) is 23.8. The van der Waals surface area contributed by atoms with Crippen LogP contribution < -0.4 is 15.0 Å². The van der Waals surface area contributed by atoms with Crippen LogP contribution in [-0.2, 0) is 17.9 Å². The zero-order valence-corrected chi connectivity index (χ0v) is 19.7. The van der Waals surface area contributed by atoms with Gasteiger partial charge in [-0.05, 0) is 41.5 Å². The van der Waals surface area contributed by atoms with Crippen molar-refractivity contribution in [1.29, 1.82) is 5.26 Å². The fourth-order valence-corrected chi connectivity index (χ4v) is 3.70. The maximum Gasteiger partial charge on any atom is 0.258 e. The Bertz CT molecular complexity index is 1490. The Balaban J connectivity index is 1.59. The molecule has 0 bridgehead atoms. The number of hydrogen-bond acceptors (Lipinski definition) is 6. The molecule has 0 aliphatic carbocycles. The molecular formula is C28H24N4O4. The first kappa shape index (κ1) is 24.2. The van der Waals surface area contributed by atoms with Crippen LogP contribution in [0.2, 0.25) is 0 Å². The lowest BCUT2D eigenvalue weighted by Gasteiger charge is -2.21. The van der Waals surface area contributed by atoms with E-state index in [0.29, 0.717) is 34.8 Å². The molecule has 1 amide bonds. The van der Waals surface area contributed by atoms with Crippen molar-refractivity contribution in [3.63, 3.8) is 0 Å². The van der Waals surface area contributed by atoms with Gasteiger partial charge in [-0.25, -0.2) is 4.98 Å². The van der Waals surface area contributed by atoms with Crippen molar-refractivity contribution in [3.8, 4) is 17.6 Å². The number of carbonyl (C=O) groups is 1. The van der Waals surface area contributed by atoms with Crippen LogP contribution in [0.3, 0.4) is 0 Å². The summed E-state index contributed by atoms with van der Waals surface area (Å²) in [6.07, 6.45) is 3.14. The van der Waals surface area contributed by atoms with Gasteiger partial charge in [0.1, 0.15) is 11.9 Å². The Morgan fingerprint density at radius 3 is 2.61 bits per heavy atom. The molecule has 0 radical (unpaired) electrons. The standard InChI is InChI=1S/C28H24N4O4/c1-35-25-17-20(11-13-24(25)36-16-15-29)12-14-27(33)32(18-21-7-3-2-4-8-21)19-26-30-23-10-6-5-9-22(23)28(34)31-26/h2-14,17H,16,18-19H2,1H3,(H,30,31,34)/b14-12+. The van der Waals surface area contributed by atoms with E-state index in [-0.39, 0.29) is 24.6 Å². The maximum atomic E-state index is 13.3. The van der Waals surface area contributed by atoms with E-state index >= 15 is 0 Å².